The summed E-state index contributed by atoms with van der Waals surface area (Å²) in [5.74, 6) is 1.85. The molecule has 0 fully saturated rings. The van der Waals surface area contributed by atoms with Crippen molar-refractivity contribution in [2.24, 2.45) is 5.10 Å². The smallest absolute Gasteiger partial charge is 0.213 e. The van der Waals surface area contributed by atoms with Gasteiger partial charge >= 0.3 is 0 Å². The average molecular weight is 483 g/mol. The van der Waals surface area contributed by atoms with Crippen LogP contribution in [0.3, 0.4) is 0 Å². The van der Waals surface area contributed by atoms with Crippen LogP contribution < -0.4 is 14.2 Å². The predicted octanol–water partition coefficient (Wildman–Crippen LogP) is 5.85. The highest BCUT2D eigenvalue weighted by atomic mass is 79.9. The third-order valence-electron chi connectivity index (χ3n) is 5.62. The van der Waals surface area contributed by atoms with Crippen LogP contribution >= 0.6 is 15.9 Å². The normalized spacial score (nSPS) is 19.2. The molecule has 2 aliphatic heterocycles. The van der Waals surface area contributed by atoms with Gasteiger partial charge in [0.1, 0.15) is 11.6 Å². The molecule has 5 nitrogen and oxygen atoms in total. The van der Waals surface area contributed by atoms with Gasteiger partial charge in [-0.2, -0.15) is 5.10 Å². The summed E-state index contributed by atoms with van der Waals surface area (Å²) in [6.07, 6.45) is 0.261. The maximum absolute atomic E-state index is 13.5. The standard InChI is InChI=1S/C24H20BrFN2O3/c1-29-22-9-5-15(11-23(22)30-2)19-13-20-18-12-16(25)6-10-21(18)31-24(28(20)27-19)14-3-7-17(26)8-4-14/h3-12,20,24H,13H2,1-2H3/t20-,24-/m0/s1. The van der Waals surface area contributed by atoms with Crippen molar-refractivity contribution in [1.29, 1.82) is 0 Å². The van der Waals surface area contributed by atoms with Crippen molar-refractivity contribution in [2.75, 3.05) is 14.2 Å². The van der Waals surface area contributed by atoms with Gasteiger partial charge in [0.15, 0.2) is 11.5 Å². The molecular formula is C24H20BrFN2O3. The van der Waals surface area contributed by atoms with Crippen LogP contribution in [0.2, 0.25) is 0 Å². The molecule has 0 aromatic heterocycles. The number of methoxy groups -OCH3 is 2. The second kappa shape index (κ2) is 7.89. The van der Waals surface area contributed by atoms with Gasteiger partial charge in [-0.05, 0) is 48.5 Å². The highest BCUT2D eigenvalue weighted by Crippen LogP contribution is 2.48. The summed E-state index contributed by atoms with van der Waals surface area (Å²) in [6.45, 7) is 0. The Morgan fingerprint density at radius 1 is 1.00 bits per heavy atom. The number of benzene rings is 3. The van der Waals surface area contributed by atoms with Crippen molar-refractivity contribution in [3.63, 3.8) is 0 Å². The lowest BCUT2D eigenvalue weighted by Gasteiger charge is -2.38. The summed E-state index contributed by atoms with van der Waals surface area (Å²) in [5.41, 5.74) is 3.79. The first-order valence-corrected chi connectivity index (χ1v) is 10.7. The van der Waals surface area contributed by atoms with Gasteiger partial charge in [-0.15, -0.1) is 0 Å². The molecule has 3 aromatic carbocycles. The van der Waals surface area contributed by atoms with Crippen LogP contribution in [0, 0.1) is 5.82 Å². The van der Waals surface area contributed by atoms with E-state index in [9.17, 15) is 4.39 Å². The van der Waals surface area contributed by atoms with E-state index in [2.05, 4.69) is 22.0 Å². The zero-order chi connectivity index (χ0) is 21.5. The molecule has 2 atom stereocenters. The maximum Gasteiger partial charge on any atom is 0.213 e. The Labute approximate surface area is 188 Å². The first-order valence-electron chi connectivity index (χ1n) is 9.87. The van der Waals surface area contributed by atoms with Crippen molar-refractivity contribution in [1.82, 2.24) is 5.01 Å². The molecule has 0 radical (unpaired) electrons. The lowest BCUT2D eigenvalue weighted by Crippen LogP contribution is -2.33. The van der Waals surface area contributed by atoms with Crippen LogP contribution in [0.5, 0.6) is 17.2 Å². The molecule has 0 aliphatic carbocycles. The van der Waals surface area contributed by atoms with E-state index in [0.29, 0.717) is 17.9 Å². The number of hydrogen-bond acceptors (Lipinski definition) is 5. The van der Waals surface area contributed by atoms with Crippen molar-refractivity contribution < 1.29 is 18.6 Å². The lowest BCUT2D eigenvalue weighted by atomic mass is 9.96. The van der Waals surface area contributed by atoms with E-state index in [-0.39, 0.29) is 11.9 Å². The molecule has 0 spiro atoms. The van der Waals surface area contributed by atoms with Crippen molar-refractivity contribution in [2.45, 2.75) is 18.7 Å². The quantitative estimate of drug-likeness (QED) is 0.467. The van der Waals surface area contributed by atoms with Gasteiger partial charge in [-0.3, -0.25) is 0 Å². The summed E-state index contributed by atoms with van der Waals surface area (Å²) in [6, 6.07) is 18.2. The van der Waals surface area contributed by atoms with Crippen molar-refractivity contribution in [3.8, 4) is 17.2 Å². The van der Waals surface area contributed by atoms with Gasteiger partial charge in [0, 0.05) is 27.6 Å². The van der Waals surface area contributed by atoms with Gasteiger partial charge in [0.2, 0.25) is 6.23 Å². The predicted molar refractivity (Wildman–Crippen MR) is 119 cm³/mol. The van der Waals surface area contributed by atoms with E-state index in [1.807, 2.05) is 35.3 Å². The number of ether oxygens (including phenoxy) is 3. The summed E-state index contributed by atoms with van der Waals surface area (Å²) < 4.78 is 31.6. The highest BCUT2D eigenvalue weighted by molar-refractivity contribution is 9.10. The Bertz CT molecular complexity index is 1170. The van der Waals surface area contributed by atoms with E-state index in [1.54, 1.807) is 26.4 Å². The second-order valence-electron chi connectivity index (χ2n) is 7.42. The van der Waals surface area contributed by atoms with Gasteiger partial charge in [-0.1, -0.05) is 28.1 Å². The molecule has 31 heavy (non-hydrogen) atoms. The average Bonchev–Trinajstić information content (AvgIpc) is 3.24. The lowest BCUT2D eigenvalue weighted by molar-refractivity contribution is -0.0191. The number of hydrogen-bond donors (Lipinski definition) is 0. The number of hydrazone groups is 1. The topological polar surface area (TPSA) is 43.3 Å². The Kier molecular flexibility index (Phi) is 5.06. The van der Waals surface area contributed by atoms with Crippen LogP contribution in [0.25, 0.3) is 0 Å². The van der Waals surface area contributed by atoms with Crippen LogP contribution in [0.15, 0.2) is 70.2 Å². The molecule has 0 saturated carbocycles. The Morgan fingerprint density at radius 3 is 2.52 bits per heavy atom. The largest absolute Gasteiger partial charge is 0.493 e. The molecule has 0 unspecified atom stereocenters. The molecule has 0 bridgehead atoms. The fourth-order valence-corrected chi connectivity index (χ4v) is 4.47. The zero-order valence-corrected chi connectivity index (χ0v) is 18.6. The zero-order valence-electron chi connectivity index (χ0n) is 17.0. The minimum absolute atomic E-state index is 0.000556. The first-order chi connectivity index (χ1) is 15.1. The van der Waals surface area contributed by atoms with Crippen LogP contribution in [-0.2, 0) is 0 Å². The molecule has 2 aliphatic rings. The van der Waals surface area contributed by atoms with E-state index < -0.39 is 6.23 Å². The molecule has 0 amide bonds. The van der Waals surface area contributed by atoms with Gasteiger partial charge in [0.25, 0.3) is 0 Å². The number of nitrogens with zero attached hydrogens (tertiary/aromatic N) is 2. The summed E-state index contributed by atoms with van der Waals surface area (Å²) >= 11 is 3.57. The fourth-order valence-electron chi connectivity index (χ4n) is 4.10. The van der Waals surface area contributed by atoms with E-state index in [4.69, 9.17) is 19.3 Å². The number of rotatable bonds is 4. The highest BCUT2D eigenvalue weighted by Gasteiger charge is 2.41. The fraction of sp³-hybridized carbons (Fsp3) is 0.208. The molecular weight excluding hydrogens is 463 g/mol. The maximum atomic E-state index is 13.5. The van der Waals surface area contributed by atoms with Crippen LogP contribution in [-0.4, -0.2) is 24.9 Å². The number of halogens is 2. The van der Waals surface area contributed by atoms with E-state index >= 15 is 0 Å². The van der Waals surface area contributed by atoms with Crippen LogP contribution in [0.1, 0.15) is 35.4 Å². The molecule has 2 heterocycles. The first kappa shape index (κ1) is 19.9. The third-order valence-corrected chi connectivity index (χ3v) is 6.12. The number of fused-ring (bicyclic) bond motifs is 3. The second-order valence-corrected chi connectivity index (χ2v) is 8.34. The van der Waals surface area contributed by atoms with Crippen molar-refractivity contribution in [3.05, 3.63) is 87.6 Å². The van der Waals surface area contributed by atoms with Crippen LogP contribution in [0.4, 0.5) is 4.39 Å². The summed E-state index contributed by atoms with van der Waals surface area (Å²) in [5, 5.41) is 6.91. The molecule has 7 heteroatoms. The monoisotopic (exact) mass is 482 g/mol. The third kappa shape index (κ3) is 3.53. The molecule has 0 saturated heterocycles. The van der Waals surface area contributed by atoms with E-state index in [1.165, 1.54) is 12.1 Å². The molecule has 5 rings (SSSR count). The summed E-state index contributed by atoms with van der Waals surface area (Å²) in [4.78, 5) is 0. The summed E-state index contributed by atoms with van der Waals surface area (Å²) in [7, 11) is 3.23. The molecule has 158 valence electrons. The van der Waals surface area contributed by atoms with Crippen molar-refractivity contribution >= 4 is 21.6 Å². The SMILES string of the molecule is COc1ccc(C2=NN3[C@@H](C2)c2cc(Br)ccc2O[C@H]3c2ccc(F)cc2)cc1OC. The molecule has 0 N–H and O–H groups in total. The van der Waals surface area contributed by atoms with Gasteiger partial charge in [0.05, 0.1) is 26.0 Å². The van der Waals surface area contributed by atoms with E-state index in [0.717, 1.165) is 32.6 Å². The minimum Gasteiger partial charge on any atom is -0.493 e. The van der Waals surface area contributed by atoms with Gasteiger partial charge < -0.3 is 14.2 Å². The Morgan fingerprint density at radius 2 is 1.77 bits per heavy atom. The van der Waals surface area contributed by atoms with Gasteiger partial charge in [-0.25, -0.2) is 9.40 Å². The molecule has 3 aromatic rings. The Balaban J connectivity index is 1.58. The minimum atomic E-state index is -0.447. The Hall–Kier alpha value is -3.06.